The van der Waals surface area contributed by atoms with Crippen LogP contribution in [0.5, 0.6) is 0 Å². The molecule has 0 bridgehead atoms. The third kappa shape index (κ3) is 3.20. The average molecular weight is 337 g/mol. The molecule has 0 radical (unpaired) electrons. The number of hydrogen-bond donors (Lipinski definition) is 0. The van der Waals surface area contributed by atoms with Gasteiger partial charge in [0.15, 0.2) is 0 Å². The van der Waals surface area contributed by atoms with Crippen LogP contribution in [0.1, 0.15) is 34.6 Å². The van der Waals surface area contributed by atoms with Crippen molar-refractivity contribution in [3.63, 3.8) is 0 Å². The summed E-state index contributed by atoms with van der Waals surface area (Å²) in [5, 5.41) is 0. The molecule has 2 heterocycles. The normalized spacial score (nSPS) is 18.9. The van der Waals surface area contributed by atoms with Crippen LogP contribution >= 0.6 is 0 Å². The van der Waals surface area contributed by atoms with Crippen molar-refractivity contribution in [3.8, 4) is 0 Å². The lowest BCUT2D eigenvalue weighted by Crippen LogP contribution is -2.44. The molecular weight excluding hydrogens is 319 g/mol. The molecular formula is C17H18F3N3O. The molecule has 1 fully saturated rings. The Morgan fingerprint density at radius 2 is 1.83 bits per heavy atom. The van der Waals surface area contributed by atoms with Gasteiger partial charge in [-0.05, 0) is 44.9 Å². The lowest BCUT2D eigenvalue weighted by Gasteiger charge is -2.33. The lowest BCUT2D eigenvalue weighted by molar-refractivity contribution is -0.184. The Hall–Kier alpha value is -2.18. The fraction of sp³-hybridized carbons (Fsp3) is 0.471. The van der Waals surface area contributed by atoms with Gasteiger partial charge in [-0.15, -0.1) is 0 Å². The Balaban J connectivity index is 1.87. The Kier molecular flexibility index (Phi) is 4.19. The van der Waals surface area contributed by atoms with Gasteiger partial charge < -0.3 is 4.90 Å². The highest BCUT2D eigenvalue weighted by Crippen LogP contribution is 2.33. The van der Waals surface area contributed by atoms with Crippen molar-refractivity contribution in [2.24, 2.45) is 5.92 Å². The number of piperidine rings is 1. The van der Waals surface area contributed by atoms with Gasteiger partial charge in [-0.3, -0.25) is 4.79 Å². The second-order valence-electron chi connectivity index (χ2n) is 6.23. The highest BCUT2D eigenvalue weighted by Gasteiger charge is 2.42. The smallest absolute Gasteiger partial charge is 0.338 e. The number of rotatable bonds is 1. The van der Waals surface area contributed by atoms with Crippen molar-refractivity contribution in [2.75, 3.05) is 13.1 Å². The summed E-state index contributed by atoms with van der Waals surface area (Å²) in [5.74, 6) is -1.83. The van der Waals surface area contributed by atoms with Crippen molar-refractivity contribution in [2.45, 2.75) is 32.9 Å². The summed E-state index contributed by atoms with van der Waals surface area (Å²) in [7, 11) is 0. The molecule has 0 N–H and O–H groups in total. The topological polar surface area (TPSA) is 46.1 Å². The SMILES string of the molecule is Cc1nc2ccc(C(=O)N3CCC[C@H](C(F)(F)F)C3)cc2nc1C. The Bertz CT molecular complexity index is 788. The number of alkyl halides is 3. The number of likely N-dealkylation sites (tertiary alicyclic amines) is 1. The monoisotopic (exact) mass is 337 g/mol. The number of hydrogen-bond acceptors (Lipinski definition) is 3. The van der Waals surface area contributed by atoms with Crippen LogP contribution in [0.4, 0.5) is 13.2 Å². The number of amides is 1. The van der Waals surface area contributed by atoms with Gasteiger partial charge in [0.1, 0.15) is 0 Å². The first kappa shape index (κ1) is 16.7. The molecule has 24 heavy (non-hydrogen) atoms. The number of aromatic nitrogens is 2. The summed E-state index contributed by atoms with van der Waals surface area (Å²) in [5.41, 5.74) is 3.17. The molecule has 0 aliphatic carbocycles. The van der Waals surface area contributed by atoms with E-state index >= 15 is 0 Å². The molecule has 1 saturated heterocycles. The summed E-state index contributed by atoms with van der Waals surface area (Å²) < 4.78 is 38.7. The molecule has 3 rings (SSSR count). The van der Waals surface area contributed by atoms with Crippen LogP contribution in [-0.4, -0.2) is 40.0 Å². The van der Waals surface area contributed by atoms with Crippen molar-refractivity contribution in [1.29, 1.82) is 0 Å². The molecule has 0 unspecified atom stereocenters. The molecule has 1 aromatic carbocycles. The predicted octanol–water partition coefficient (Wildman–Crippen LogP) is 3.66. The predicted molar refractivity (Wildman–Crippen MR) is 83.7 cm³/mol. The van der Waals surface area contributed by atoms with Gasteiger partial charge in [-0.2, -0.15) is 13.2 Å². The second kappa shape index (κ2) is 6.03. The van der Waals surface area contributed by atoms with Gasteiger partial charge in [0.05, 0.1) is 28.3 Å². The first-order valence-corrected chi connectivity index (χ1v) is 7.86. The lowest BCUT2D eigenvalue weighted by atomic mass is 9.97. The summed E-state index contributed by atoms with van der Waals surface area (Å²) in [6.45, 7) is 3.75. The van der Waals surface area contributed by atoms with Gasteiger partial charge in [0.2, 0.25) is 0 Å². The van der Waals surface area contributed by atoms with E-state index in [-0.39, 0.29) is 18.9 Å². The Morgan fingerprint density at radius 1 is 1.17 bits per heavy atom. The maximum absolute atomic E-state index is 12.9. The quantitative estimate of drug-likeness (QED) is 0.798. The van der Waals surface area contributed by atoms with Gasteiger partial charge >= 0.3 is 6.18 Å². The van der Waals surface area contributed by atoms with Crippen molar-refractivity contribution >= 4 is 16.9 Å². The minimum atomic E-state index is -4.26. The van der Waals surface area contributed by atoms with Gasteiger partial charge in [0.25, 0.3) is 5.91 Å². The number of halogens is 3. The third-order valence-corrected chi connectivity index (χ3v) is 4.49. The van der Waals surface area contributed by atoms with Crippen molar-refractivity contribution in [1.82, 2.24) is 14.9 Å². The van der Waals surface area contributed by atoms with Crippen molar-refractivity contribution < 1.29 is 18.0 Å². The number of benzene rings is 1. The maximum Gasteiger partial charge on any atom is 0.393 e. The minimum absolute atomic E-state index is 0.0783. The van der Waals surface area contributed by atoms with E-state index in [1.165, 1.54) is 4.90 Å². The molecule has 1 aromatic heterocycles. The summed E-state index contributed by atoms with van der Waals surface area (Å²) >= 11 is 0. The van der Waals surface area contributed by atoms with Crippen LogP contribution in [0.3, 0.4) is 0 Å². The van der Waals surface area contributed by atoms with Crippen LogP contribution < -0.4 is 0 Å². The van der Waals surface area contributed by atoms with Crippen LogP contribution in [0.15, 0.2) is 18.2 Å². The molecule has 7 heteroatoms. The molecule has 1 aliphatic rings. The van der Waals surface area contributed by atoms with E-state index in [0.29, 0.717) is 29.6 Å². The highest BCUT2D eigenvalue weighted by molar-refractivity contribution is 5.97. The minimum Gasteiger partial charge on any atom is -0.338 e. The average Bonchev–Trinajstić information content (AvgIpc) is 2.54. The van der Waals surface area contributed by atoms with Crippen LogP contribution in [0.25, 0.3) is 11.0 Å². The second-order valence-corrected chi connectivity index (χ2v) is 6.23. The molecule has 128 valence electrons. The zero-order chi connectivity index (χ0) is 17.5. The zero-order valence-electron chi connectivity index (χ0n) is 13.5. The van der Waals surface area contributed by atoms with Crippen LogP contribution in [0.2, 0.25) is 0 Å². The maximum atomic E-state index is 12.9. The molecule has 4 nitrogen and oxygen atoms in total. The van der Waals surface area contributed by atoms with E-state index in [1.807, 2.05) is 13.8 Å². The fourth-order valence-electron chi connectivity index (χ4n) is 2.98. The zero-order valence-corrected chi connectivity index (χ0v) is 13.5. The first-order chi connectivity index (χ1) is 11.3. The third-order valence-electron chi connectivity index (χ3n) is 4.49. The van der Waals surface area contributed by atoms with Crippen LogP contribution in [-0.2, 0) is 0 Å². The number of fused-ring (bicyclic) bond motifs is 1. The number of aryl methyl sites for hydroxylation is 2. The summed E-state index contributed by atoms with van der Waals surface area (Å²) in [6.07, 6.45) is -3.82. The molecule has 2 aromatic rings. The molecule has 0 saturated carbocycles. The molecule has 1 aliphatic heterocycles. The number of carbonyl (C=O) groups is 1. The van der Waals surface area contributed by atoms with Gasteiger partial charge in [-0.1, -0.05) is 0 Å². The Morgan fingerprint density at radius 3 is 2.50 bits per heavy atom. The van der Waals surface area contributed by atoms with E-state index in [0.717, 1.165) is 11.4 Å². The number of nitrogens with zero attached hydrogens (tertiary/aromatic N) is 3. The van der Waals surface area contributed by atoms with E-state index in [4.69, 9.17) is 0 Å². The highest BCUT2D eigenvalue weighted by atomic mass is 19.4. The molecule has 0 spiro atoms. The van der Waals surface area contributed by atoms with Crippen molar-refractivity contribution in [3.05, 3.63) is 35.2 Å². The largest absolute Gasteiger partial charge is 0.393 e. The first-order valence-electron chi connectivity index (χ1n) is 7.86. The fourth-order valence-corrected chi connectivity index (χ4v) is 2.98. The van der Waals surface area contributed by atoms with E-state index in [9.17, 15) is 18.0 Å². The molecule has 1 atom stereocenters. The van der Waals surface area contributed by atoms with E-state index in [2.05, 4.69) is 9.97 Å². The van der Waals surface area contributed by atoms with E-state index < -0.39 is 12.1 Å². The van der Waals surface area contributed by atoms with Gasteiger partial charge in [0, 0.05) is 18.7 Å². The molecule has 1 amide bonds. The van der Waals surface area contributed by atoms with Gasteiger partial charge in [-0.25, -0.2) is 9.97 Å². The summed E-state index contributed by atoms with van der Waals surface area (Å²) in [6, 6.07) is 4.90. The summed E-state index contributed by atoms with van der Waals surface area (Å²) in [4.78, 5) is 22.7. The Labute approximate surface area is 137 Å². The van der Waals surface area contributed by atoms with Crippen LogP contribution in [0, 0.1) is 19.8 Å². The number of carbonyl (C=O) groups excluding carboxylic acids is 1. The standard InChI is InChI=1S/C17H18F3N3O/c1-10-11(2)22-15-8-12(5-6-14(15)21-10)16(24)23-7-3-4-13(9-23)17(18,19)20/h5-6,8,13H,3-4,7,9H2,1-2H3/t13-/m0/s1. The van der Waals surface area contributed by atoms with E-state index in [1.54, 1.807) is 18.2 Å².